The highest BCUT2D eigenvalue weighted by Gasteiger charge is 2.30. The van der Waals surface area contributed by atoms with Gasteiger partial charge in [-0.05, 0) is 30.3 Å². The fourth-order valence-corrected chi connectivity index (χ4v) is 2.35. The van der Waals surface area contributed by atoms with Crippen molar-refractivity contribution in [1.29, 1.82) is 0 Å². The SMILES string of the molecule is O=C(O)[C@@H]1CN(C(=O)c2cc(-c3ccc(F)cc3)n[nH]2)CCO1. The number of morpholine rings is 1. The number of hydrogen-bond acceptors (Lipinski definition) is 4. The third-order valence-corrected chi connectivity index (χ3v) is 3.58. The molecule has 2 aromatic rings. The minimum Gasteiger partial charge on any atom is -0.479 e. The monoisotopic (exact) mass is 319 g/mol. The minimum absolute atomic E-state index is 0.0148. The molecule has 1 aromatic heterocycles. The van der Waals surface area contributed by atoms with Crippen molar-refractivity contribution >= 4 is 11.9 Å². The number of nitrogens with zero attached hydrogens (tertiary/aromatic N) is 2. The second kappa shape index (κ2) is 6.17. The van der Waals surface area contributed by atoms with Gasteiger partial charge < -0.3 is 14.7 Å². The summed E-state index contributed by atoms with van der Waals surface area (Å²) in [6.45, 7) is 0.467. The highest BCUT2D eigenvalue weighted by atomic mass is 19.1. The number of aromatic amines is 1. The number of aliphatic carboxylic acids is 1. The van der Waals surface area contributed by atoms with Gasteiger partial charge >= 0.3 is 5.97 Å². The lowest BCUT2D eigenvalue weighted by Gasteiger charge is -2.30. The molecule has 7 nitrogen and oxygen atoms in total. The van der Waals surface area contributed by atoms with Gasteiger partial charge in [-0.15, -0.1) is 0 Å². The predicted octanol–water partition coefficient (Wildman–Crippen LogP) is 1.14. The summed E-state index contributed by atoms with van der Waals surface area (Å²) < 4.78 is 18.0. The number of carboxylic acid groups (broad SMARTS) is 1. The van der Waals surface area contributed by atoms with Crippen LogP contribution in [0.2, 0.25) is 0 Å². The number of H-pyrrole nitrogens is 1. The molecule has 1 aliphatic heterocycles. The number of carboxylic acids is 1. The van der Waals surface area contributed by atoms with Crippen LogP contribution in [0.1, 0.15) is 10.5 Å². The highest BCUT2D eigenvalue weighted by molar-refractivity contribution is 5.93. The van der Waals surface area contributed by atoms with Crippen LogP contribution in [0.25, 0.3) is 11.3 Å². The Balaban J connectivity index is 1.75. The van der Waals surface area contributed by atoms with Crippen molar-refractivity contribution in [2.45, 2.75) is 6.10 Å². The number of nitrogens with one attached hydrogen (secondary N) is 1. The molecule has 0 saturated carbocycles. The van der Waals surface area contributed by atoms with E-state index in [1.807, 2.05) is 0 Å². The van der Waals surface area contributed by atoms with E-state index in [4.69, 9.17) is 9.84 Å². The number of benzene rings is 1. The molecule has 1 aliphatic rings. The van der Waals surface area contributed by atoms with Crippen LogP contribution in [0.5, 0.6) is 0 Å². The summed E-state index contributed by atoms with van der Waals surface area (Å²) in [5.74, 6) is -1.80. The molecular formula is C15H14FN3O4. The van der Waals surface area contributed by atoms with Crippen LogP contribution < -0.4 is 0 Å². The number of halogens is 1. The molecule has 23 heavy (non-hydrogen) atoms. The average Bonchev–Trinajstić information content (AvgIpc) is 3.05. The second-order valence-electron chi connectivity index (χ2n) is 5.12. The largest absolute Gasteiger partial charge is 0.479 e. The average molecular weight is 319 g/mol. The topological polar surface area (TPSA) is 95.5 Å². The quantitative estimate of drug-likeness (QED) is 0.884. The molecule has 1 atom stereocenters. The summed E-state index contributed by atoms with van der Waals surface area (Å²) in [5, 5.41) is 15.7. The van der Waals surface area contributed by atoms with Gasteiger partial charge in [0.25, 0.3) is 5.91 Å². The van der Waals surface area contributed by atoms with E-state index in [0.29, 0.717) is 17.8 Å². The van der Waals surface area contributed by atoms with Gasteiger partial charge in [-0.2, -0.15) is 5.10 Å². The van der Waals surface area contributed by atoms with E-state index < -0.39 is 12.1 Å². The van der Waals surface area contributed by atoms with Crippen LogP contribution in [0.3, 0.4) is 0 Å². The molecule has 8 heteroatoms. The lowest BCUT2D eigenvalue weighted by Crippen LogP contribution is -2.48. The van der Waals surface area contributed by atoms with Gasteiger partial charge in [0.05, 0.1) is 18.8 Å². The number of rotatable bonds is 3. The zero-order chi connectivity index (χ0) is 16.4. The minimum atomic E-state index is -1.10. The van der Waals surface area contributed by atoms with E-state index in [-0.39, 0.29) is 30.6 Å². The molecule has 0 unspecified atom stereocenters. The maximum Gasteiger partial charge on any atom is 0.334 e. The van der Waals surface area contributed by atoms with Crippen molar-refractivity contribution in [3.05, 3.63) is 41.8 Å². The Morgan fingerprint density at radius 1 is 1.35 bits per heavy atom. The van der Waals surface area contributed by atoms with Gasteiger partial charge in [0.1, 0.15) is 11.5 Å². The molecule has 3 rings (SSSR count). The summed E-state index contributed by atoms with van der Waals surface area (Å²) >= 11 is 0. The standard InChI is InChI=1S/C15H14FN3O4/c16-10-3-1-9(2-4-10)11-7-12(18-17-11)14(20)19-5-6-23-13(8-19)15(21)22/h1-4,7,13H,5-6,8H2,(H,17,18)(H,21,22)/t13-/m0/s1. The fourth-order valence-electron chi connectivity index (χ4n) is 2.35. The zero-order valence-corrected chi connectivity index (χ0v) is 12.0. The van der Waals surface area contributed by atoms with Gasteiger partial charge in [0.2, 0.25) is 0 Å². The third-order valence-electron chi connectivity index (χ3n) is 3.58. The molecule has 1 amide bonds. The maximum absolute atomic E-state index is 12.9. The first kappa shape index (κ1) is 15.2. The number of aromatic nitrogens is 2. The molecule has 1 saturated heterocycles. The van der Waals surface area contributed by atoms with Crippen LogP contribution in [-0.2, 0) is 9.53 Å². The van der Waals surface area contributed by atoms with E-state index in [2.05, 4.69) is 10.2 Å². The molecule has 1 aromatic carbocycles. The van der Waals surface area contributed by atoms with Crippen LogP contribution in [0.4, 0.5) is 4.39 Å². The van der Waals surface area contributed by atoms with Crippen molar-refractivity contribution in [3.8, 4) is 11.3 Å². The summed E-state index contributed by atoms with van der Waals surface area (Å²) in [6, 6.07) is 7.31. The Morgan fingerprint density at radius 2 is 2.09 bits per heavy atom. The number of ether oxygens (including phenoxy) is 1. The summed E-state index contributed by atoms with van der Waals surface area (Å²) in [4.78, 5) is 24.8. The predicted molar refractivity (Wildman–Crippen MR) is 77.3 cm³/mol. The fraction of sp³-hybridized carbons (Fsp3) is 0.267. The number of carbonyl (C=O) groups excluding carboxylic acids is 1. The molecule has 0 aliphatic carbocycles. The molecule has 2 N–H and O–H groups in total. The van der Waals surface area contributed by atoms with Gasteiger partial charge in [-0.25, -0.2) is 9.18 Å². The molecule has 0 radical (unpaired) electrons. The van der Waals surface area contributed by atoms with E-state index in [9.17, 15) is 14.0 Å². The lowest BCUT2D eigenvalue weighted by atomic mass is 10.1. The third kappa shape index (κ3) is 3.21. The summed E-state index contributed by atoms with van der Waals surface area (Å²) in [5.41, 5.74) is 1.43. The molecule has 120 valence electrons. The van der Waals surface area contributed by atoms with Crippen molar-refractivity contribution < 1.29 is 23.8 Å². The van der Waals surface area contributed by atoms with Gasteiger partial charge in [-0.3, -0.25) is 9.89 Å². The first-order chi connectivity index (χ1) is 11.0. The van der Waals surface area contributed by atoms with E-state index in [0.717, 1.165) is 0 Å². The first-order valence-corrected chi connectivity index (χ1v) is 6.99. The second-order valence-corrected chi connectivity index (χ2v) is 5.12. The molecule has 0 spiro atoms. The smallest absolute Gasteiger partial charge is 0.334 e. The number of carbonyl (C=O) groups is 2. The van der Waals surface area contributed by atoms with Crippen LogP contribution >= 0.6 is 0 Å². The highest BCUT2D eigenvalue weighted by Crippen LogP contribution is 2.19. The first-order valence-electron chi connectivity index (χ1n) is 6.99. The van der Waals surface area contributed by atoms with Gasteiger partial charge in [0, 0.05) is 12.1 Å². The van der Waals surface area contributed by atoms with E-state index in [1.54, 1.807) is 18.2 Å². The number of amides is 1. The molecule has 0 bridgehead atoms. The summed E-state index contributed by atoms with van der Waals surface area (Å²) in [7, 11) is 0. The van der Waals surface area contributed by atoms with Crippen LogP contribution in [0, 0.1) is 5.82 Å². The lowest BCUT2D eigenvalue weighted by molar-refractivity contribution is -0.154. The molecule has 2 heterocycles. The van der Waals surface area contributed by atoms with E-state index >= 15 is 0 Å². The Bertz CT molecular complexity index is 729. The van der Waals surface area contributed by atoms with Crippen molar-refractivity contribution in [1.82, 2.24) is 15.1 Å². The van der Waals surface area contributed by atoms with Gasteiger partial charge in [-0.1, -0.05) is 0 Å². The zero-order valence-electron chi connectivity index (χ0n) is 12.0. The maximum atomic E-state index is 12.9. The normalized spacial score (nSPS) is 18.0. The van der Waals surface area contributed by atoms with E-state index in [1.165, 1.54) is 17.0 Å². The summed E-state index contributed by atoms with van der Waals surface area (Å²) in [6.07, 6.45) is -1.02. The molecule has 1 fully saturated rings. The number of hydrogen-bond donors (Lipinski definition) is 2. The Labute approximate surface area is 130 Å². The van der Waals surface area contributed by atoms with Crippen molar-refractivity contribution in [2.75, 3.05) is 19.7 Å². The van der Waals surface area contributed by atoms with Crippen molar-refractivity contribution in [2.24, 2.45) is 0 Å². The van der Waals surface area contributed by atoms with Crippen LogP contribution in [-0.4, -0.2) is 57.9 Å². The van der Waals surface area contributed by atoms with Crippen LogP contribution in [0.15, 0.2) is 30.3 Å². The Morgan fingerprint density at radius 3 is 2.78 bits per heavy atom. The molecular weight excluding hydrogens is 305 g/mol. The van der Waals surface area contributed by atoms with Gasteiger partial charge in [0.15, 0.2) is 6.10 Å². The van der Waals surface area contributed by atoms with Crippen molar-refractivity contribution in [3.63, 3.8) is 0 Å². The Hall–Kier alpha value is -2.74. The Kier molecular flexibility index (Phi) is 4.07.